The van der Waals surface area contributed by atoms with Gasteiger partial charge in [0.2, 0.25) is 0 Å². The molecule has 1 aromatic heterocycles. The molecule has 0 aliphatic carbocycles. The molecule has 0 unspecified atom stereocenters. The third kappa shape index (κ3) is 5.21. The Hall–Kier alpha value is -2.08. The van der Waals surface area contributed by atoms with Crippen molar-refractivity contribution in [2.24, 2.45) is 0 Å². The molecular formula is C20H29N3O2S. The van der Waals surface area contributed by atoms with Crippen LogP contribution in [0.25, 0.3) is 0 Å². The summed E-state index contributed by atoms with van der Waals surface area (Å²) in [5.41, 5.74) is 2.04. The first-order valence-corrected chi connectivity index (χ1v) is 10.4. The smallest absolute Gasteiger partial charge is 0.263 e. The van der Waals surface area contributed by atoms with Crippen molar-refractivity contribution in [1.82, 2.24) is 4.98 Å². The second-order valence-electron chi connectivity index (χ2n) is 7.56. The Morgan fingerprint density at radius 1 is 1.08 bits per heavy atom. The van der Waals surface area contributed by atoms with Gasteiger partial charge in [-0.15, -0.1) is 0 Å². The van der Waals surface area contributed by atoms with Crippen LogP contribution in [0.15, 0.2) is 47.5 Å². The molecule has 1 aromatic carbocycles. The van der Waals surface area contributed by atoms with E-state index >= 15 is 0 Å². The van der Waals surface area contributed by atoms with Gasteiger partial charge in [-0.05, 0) is 41.7 Å². The minimum absolute atomic E-state index is 0.0170. The molecule has 0 bridgehead atoms. The number of anilines is 2. The van der Waals surface area contributed by atoms with E-state index in [1.54, 1.807) is 24.4 Å². The lowest BCUT2D eigenvalue weighted by molar-refractivity contribution is 0.587. The molecule has 0 aliphatic rings. The zero-order valence-electron chi connectivity index (χ0n) is 16.3. The van der Waals surface area contributed by atoms with Crippen LogP contribution in [-0.2, 0) is 15.4 Å². The van der Waals surface area contributed by atoms with Gasteiger partial charge in [-0.1, -0.05) is 46.2 Å². The third-order valence-electron chi connectivity index (χ3n) is 4.31. The van der Waals surface area contributed by atoms with Crippen LogP contribution in [0, 0.1) is 0 Å². The Morgan fingerprint density at radius 2 is 1.73 bits per heavy atom. The summed E-state index contributed by atoms with van der Waals surface area (Å²) in [7, 11) is -1.64. The molecule has 0 spiro atoms. The third-order valence-corrected chi connectivity index (χ3v) is 5.68. The second-order valence-corrected chi connectivity index (χ2v) is 9.24. The average Bonchev–Trinajstić information content (AvgIpc) is 2.59. The fourth-order valence-electron chi connectivity index (χ4n) is 2.53. The van der Waals surface area contributed by atoms with Crippen molar-refractivity contribution in [1.29, 1.82) is 0 Å². The van der Waals surface area contributed by atoms with Gasteiger partial charge in [0.15, 0.2) is 0 Å². The molecule has 2 rings (SSSR count). The zero-order chi connectivity index (χ0) is 19.4. The number of benzene rings is 1. The van der Waals surface area contributed by atoms with Crippen molar-refractivity contribution >= 4 is 21.5 Å². The van der Waals surface area contributed by atoms with Gasteiger partial charge < -0.3 is 4.90 Å². The van der Waals surface area contributed by atoms with E-state index in [1.807, 2.05) is 25.2 Å². The molecule has 5 nitrogen and oxygen atoms in total. The average molecular weight is 376 g/mol. The summed E-state index contributed by atoms with van der Waals surface area (Å²) in [5, 5.41) is 0. The van der Waals surface area contributed by atoms with E-state index in [0.29, 0.717) is 5.82 Å². The number of rotatable bonds is 7. The molecule has 2 aromatic rings. The van der Waals surface area contributed by atoms with Gasteiger partial charge in [-0.25, -0.2) is 13.4 Å². The number of sulfonamides is 1. The Kier molecular flexibility index (Phi) is 6.29. The van der Waals surface area contributed by atoms with Crippen LogP contribution in [0.3, 0.4) is 0 Å². The predicted molar refractivity (Wildman–Crippen MR) is 108 cm³/mol. The molecule has 0 atom stereocenters. The van der Waals surface area contributed by atoms with Crippen LogP contribution in [0.4, 0.5) is 11.5 Å². The summed E-state index contributed by atoms with van der Waals surface area (Å²) in [6, 6.07) is 10.6. The second kappa shape index (κ2) is 8.08. The molecule has 142 valence electrons. The van der Waals surface area contributed by atoms with Gasteiger partial charge >= 0.3 is 0 Å². The van der Waals surface area contributed by atoms with Gasteiger partial charge in [-0.2, -0.15) is 0 Å². The van der Waals surface area contributed by atoms with Crippen LogP contribution in [0.5, 0.6) is 0 Å². The normalized spacial score (nSPS) is 12.0. The first-order chi connectivity index (χ1) is 12.1. The van der Waals surface area contributed by atoms with Crippen molar-refractivity contribution in [3.63, 3.8) is 0 Å². The highest BCUT2D eigenvalue weighted by molar-refractivity contribution is 7.92. The monoisotopic (exact) mass is 375 g/mol. The number of hydrogen-bond donors (Lipinski definition) is 1. The lowest BCUT2D eigenvalue weighted by atomic mass is 9.87. The van der Waals surface area contributed by atoms with Crippen LogP contribution in [0.1, 0.15) is 46.1 Å². The standard InChI is InChI=1S/C20H29N3O2S/c1-6-7-14-23(5)17-10-13-19(21-15-17)22-26(24,25)18-11-8-16(9-12-18)20(2,3)4/h8-13,15H,6-7,14H2,1-5H3,(H,21,22). The highest BCUT2D eigenvalue weighted by Gasteiger charge is 2.18. The van der Waals surface area contributed by atoms with Gasteiger partial charge in [0.05, 0.1) is 16.8 Å². The number of hydrogen-bond acceptors (Lipinski definition) is 4. The number of pyridine rings is 1. The summed E-state index contributed by atoms with van der Waals surface area (Å²) in [6.07, 6.45) is 3.93. The molecular weight excluding hydrogens is 346 g/mol. The molecule has 0 saturated carbocycles. The topological polar surface area (TPSA) is 62.3 Å². The highest BCUT2D eigenvalue weighted by atomic mass is 32.2. The van der Waals surface area contributed by atoms with Crippen LogP contribution in [-0.4, -0.2) is 27.0 Å². The maximum absolute atomic E-state index is 12.6. The first-order valence-electron chi connectivity index (χ1n) is 8.94. The number of nitrogens with one attached hydrogen (secondary N) is 1. The van der Waals surface area contributed by atoms with Crippen molar-refractivity contribution in [2.75, 3.05) is 23.2 Å². The Labute approximate surface area is 157 Å². The van der Waals surface area contributed by atoms with Crippen LogP contribution in [0.2, 0.25) is 0 Å². The number of unbranched alkanes of at least 4 members (excludes halogenated alkanes) is 1. The Balaban J connectivity index is 2.11. The summed E-state index contributed by atoms with van der Waals surface area (Å²) in [5.74, 6) is 0.317. The van der Waals surface area contributed by atoms with Gasteiger partial charge in [0.25, 0.3) is 10.0 Å². The summed E-state index contributed by atoms with van der Waals surface area (Å²) < 4.78 is 27.7. The zero-order valence-corrected chi connectivity index (χ0v) is 17.1. The van der Waals surface area contributed by atoms with E-state index in [-0.39, 0.29) is 10.3 Å². The molecule has 0 saturated heterocycles. The highest BCUT2D eigenvalue weighted by Crippen LogP contribution is 2.24. The molecule has 0 amide bonds. The van der Waals surface area contributed by atoms with Gasteiger partial charge in [-0.3, -0.25) is 4.72 Å². The summed E-state index contributed by atoms with van der Waals surface area (Å²) in [4.78, 5) is 6.59. The predicted octanol–water partition coefficient (Wildman–Crippen LogP) is 4.42. The first kappa shape index (κ1) is 20.2. The largest absolute Gasteiger partial charge is 0.373 e. The summed E-state index contributed by atoms with van der Waals surface area (Å²) >= 11 is 0. The fourth-order valence-corrected chi connectivity index (χ4v) is 3.54. The minimum Gasteiger partial charge on any atom is -0.373 e. The molecule has 0 radical (unpaired) electrons. The van der Waals surface area contributed by atoms with E-state index < -0.39 is 10.0 Å². The van der Waals surface area contributed by atoms with Gasteiger partial charge in [0, 0.05) is 13.6 Å². The minimum atomic E-state index is -3.65. The SMILES string of the molecule is CCCCN(C)c1ccc(NS(=O)(=O)c2ccc(C(C)(C)C)cc2)nc1. The van der Waals surface area contributed by atoms with Crippen molar-refractivity contribution in [3.05, 3.63) is 48.2 Å². The van der Waals surface area contributed by atoms with Crippen LogP contribution >= 0.6 is 0 Å². The maximum Gasteiger partial charge on any atom is 0.263 e. The Bertz CT molecular complexity index is 808. The maximum atomic E-state index is 12.6. The van der Waals surface area contributed by atoms with Crippen molar-refractivity contribution < 1.29 is 8.42 Å². The van der Waals surface area contributed by atoms with E-state index in [2.05, 4.69) is 42.3 Å². The van der Waals surface area contributed by atoms with Gasteiger partial charge in [0.1, 0.15) is 5.82 Å². The molecule has 26 heavy (non-hydrogen) atoms. The number of nitrogens with zero attached hydrogens (tertiary/aromatic N) is 2. The molecule has 1 heterocycles. The van der Waals surface area contributed by atoms with E-state index in [0.717, 1.165) is 30.6 Å². The van der Waals surface area contributed by atoms with E-state index in [1.165, 1.54) is 0 Å². The fraction of sp³-hybridized carbons (Fsp3) is 0.450. The molecule has 0 fully saturated rings. The van der Waals surface area contributed by atoms with Crippen molar-refractivity contribution in [2.45, 2.75) is 50.8 Å². The lowest BCUT2D eigenvalue weighted by Crippen LogP contribution is -2.19. The Morgan fingerprint density at radius 3 is 2.23 bits per heavy atom. The van der Waals surface area contributed by atoms with E-state index in [4.69, 9.17) is 0 Å². The summed E-state index contributed by atoms with van der Waals surface area (Å²) in [6.45, 7) is 9.38. The number of aromatic nitrogens is 1. The quantitative estimate of drug-likeness (QED) is 0.778. The lowest BCUT2D eigenvalue weighted by Gasteiger charge is -2.19. The molecule has 1 N–H and O–H groups in total. The van der Waals surface area contributed by atoms with Crippen LogP contribution < -0.4 is 9.62 Å². The van der Waals surface area contributed by atoms with E-state index in [9.17, 15) is 8.42 Å². The molecule has 0 aliphatic heterocycles. The van der Waals surface area contributed by atoms with Crippen molar-refractivity contribution in [3.8, 4) is 0 Å². The molecule has 6 heteroatoms.